The van der Waals surface area contributed by atoms with Gasteiger partial charge in [0.15, 0.2) is 0 Å². The molecule has 0 saturated carbocycles. The van der Waals surface area contributed by atoms with Crippen molar-refractivity contribution in [2.75, 3.05) is 13.1 Å². The number of rotatable bonds is 1. The average Bonchev–Trinajstić information content (AvgIpc) is 2.53. The number of hydrogen-bond donors (Lipinski definition) is 1. The van der Waals surface area contributed by atoms with Crippen molar-refractivity contribution < 1.29 is 4.39 Å². The van der Waals surface area contributed by atoms with Gasteiger partial charge in [0.1, 0.15) is 6.17 Å². The van der Waals surface area contributed by atoms with E-state index < -0.39 is 6.17 Å². The van der Waals surface area contributed by atoms with E-state index in [1.54, 1.807) is 0 Å². The molecule has 70 valence electrons. The second-order valence-corrected chi connectivity index (χ2v) is 3.77. The second kappa shape index (κ2) is 3.64. The Morgan fingerprint density at radius 2 is 1.92 bits per heavy atom. The fourth-order valence-electron chi connectivity index (χ4n) is 1.68. The summed E-state index contributed by atoms with van der Waals surface area (Å²) in [7, 11) is 0. The highest BCUT2D eigenvalue weighted by Crippen LogP contribution is 2.25. The zero-order valence-electron chi connectivity index (χ0n) is 7.13. The Kier molecular flexibility index (Phi) is 2.51. The van der Waals surface area contributed by atoms with Crippen LogP contribution in [0.25, 0.3) is 0 Å². The van der Waals surface area contributed by atoms with Gasteiger partial charge in [-0.05, 0) is 17.7 Å². The van der Waals surface area contributed by atoms with Crippen molar-refractivity contribution >= 4 is 11.6 Å². The van der Waals surface area contributed by atoms with Gasteiger partial charge < -0.3 is 5.32 Å². The molecule has 0 radical (unpaired) electrons. The highest BCUT2D eigenvalue weighted by atomic mass is 35.5. The summed E-state index contributed by atoms with van der Waals surface area (Å²) < 4.78 is 13.3. The quantitative estimate of drug-likeness (QED) is 0.732. The summed E-state index contributed by atoms with van der Waals surface area (Å²) in [5, 5.41) is 3.73. The predicted octanol–water partition coefficient (Wildman–Crippen LogP) is 2.36. The number of alkyl halides is 1. The third-order valence-corrected chi connectivity index (χ3v) is 2.69. The van der Waals surface area contributed by atoms with Crippen LogP contribution >= 0.6 is 11.6 Å². The lowest BCUT2D eigenvalue weighted by Gasteiger charge is -2.11. The summed E-state index contributed by atoms with van der Waals surface area (Å²) >= 11 is 5.75. The van der Waals surface area contributed by atoms with Gasteiger partial charge in [0.25, 0.3) is 0 Å². The largest absolute Gasteiger partial charge is 0.313 e. The molecule has 0 aliphatic carbocycles. The molecule has 0 spiro atoms. The summed E-state index contributed by atoms with van der Waals surface area (Å²) in [6.45, 7) is 1.19. The van der Waals surface area contributed by atoms with Gasteiger partial charge in [-0.25, -0.2) is 4.39 Å². The number of nitrogens with one attached hydrogen (secondary N) is 1. The molecule has 1 N–H and O–H groups in total. The van der Waals surface area contributed by atoms with Crippen LogP contribution in [0.4, 0.5) is 4.39 Å². The third-order valence-electron chi connectivity index (χ3n) is 2.44. The first-order chi connectivity index (χ1) is 6.27. The number of halogens is 2. The van der Waals surface area contributed by atoms with Crippen LogP contribution in [-0.4, -0.2) is 19.3 Å². The Morgan fingerprint density at radius 3 is 2.46 bits per heavy atom. The van der Waals surface area contributed by atoms with Gasteiger partial charge in [-0.15, -0.1) is 0 Å². The fourth-order valence-corrected chi connectivity index (χ4v) is 1.81. The Hall–Kier alpha value is -0.600. The lowest BCUT2D eigenvalue weighted by atomic mass is 9.97. The first kappa shape index (κ1) is 8.97. The highest BCUT2D eigenvalue weighted by Gasteiger charge is 2.27. The molecule has 2 rings (SSSR count). The van der Waals surface area contributed by atoms with E-state index in [4.69, 9.17) is 11.6 Å². The normalized spacial score (nSPS) is 27.8. The lowest BCUT2D eigenvalue weighted by molar-refractivity contribution is 0.332. The molecule has 1 saturated heterocycles. The molecule has 0 bridgehead atoms. The zero-order chi connectivity index (χ0) is 9.26. The molecular formula is C10H11ClFN. The van der Waals surface area contributed by atoms with Gasteiger partial charge in [0.05, 0.1) is 0 Å². The van der Waals surface area contributed by atoms with Gasteiger partial charge in [0.2, 0.25) is 0 Å². The summed E-state index contributed by atoms with van der Waals surface area (Å²) in [5.41, 5.74) is 1.03. The van der Waals surface area contributed by atoms with Gasteiger partial charge >= 0.3 is 0 Å². The Labute approximate surface area is 81.9 Å². The van der Waals surface area contributed by atoms with E-state index in [0.717, 1.165) is 12.1 Å². The van der Waals surface area contributed by atoms with E-state index in [2.05, 4.69) is 5.32 Å². The van der Waals surface area contributed by atoms with E-state index in [9.17, 15) is 4.39 Å². The van der Waals surface area contributed by atoms with E-state index in [0.29, 0.717) is 11.6 Å². The van der Waals surface area contributed by atoms with Gasteiger partial charge in [-0.2, -0.15) is 0 Å². The number of benzene rings is 1. The minimum atomic E-state index is -0.763. The topological polar surface area (TPSA) is 12.0 Å². The summed E-state index contributed by atoms with van der Waals surface area (Å²) in [6, 6.07) is 7.41. The van der Waals surface area contributed by atoms with E-state index >= 15 is 0 Å². The zero-order valence-corrected chi connectivity index (χ0v) is 7.89. The molecule has 2 atom stereocenters. The van der Waals surface area contributed by atoms with Crippen LogP contribution in [0.1, 0.15) is 11.5 Å². The minimum Gasteiger partial charge on any atom is -0.313 e. The maximum atomic E-state index is 13.3. The maximum Gasteiger partial charge on any atom is 0.121 e. The molecule has 1 aliphatic rings. The Bertz CT molecular complexity index is 285. The molecule has 0 aromatic heterocycles. The van der Waals surface area contributed by atoms with Gasteiger partial charge in [-0.1, -0.05) is 23.7 Å². The van der Waals surface area contributed by atoms with Crippen LogP contribution in [0.2, 0.25) is 5.02 Å². The first-order valence-corrected chi connectivity index (χ1v) is 4.75. The van der Waals surface area contributed by atoms with E-state index in [1.165, 1.54) is 0 Å². The van der Waals surface area contributed by atoms with Crippen LogP contribution < -0.4 is 5.32 Å². The van der Waals surface area contributed by atoms with Crippen LogP contribution in [0.3, 0.4) is 0 Å². The van der Waals surface area contributed by atoms with Gasteiger partial charge in [0, 0.05) is 24.0 Å². The maximum absolute atomic E-state index is 13.3. The van der Waals surface area contributed by atoms with E-state index in [1.807, 2.05) is 24.3 Å². The molecule has 1 fully saturated rings. The molecule has 1 aliphatic heterocycles. The molecule has 13 heavy (non-hydrogen) atoms. The van der Waals surface area contributed by atoms with Crippen LogP contribution in [0.15, 0.2) is 24.3 Å². The van der Waals surface area contributed by atoms with Crippen LogP contribution in [0.5, 0.6) is 0 Å². The number of hydrogen-bond acceptors (Lipinski definition) is 1. The highest BCUT2D eigenvalue weighted by molar-refractivity contribution is 6.30. The summed E-state index contributed by atoms with van der Waals surface area (Å²) in [5.74, 6) is -0.00253. The standard InChI is InChI=1S/C10H11ClFN/c11-8-3-1-7(2-4-8)9-5-13-6-10(9)12/h1-4,9-10,13H,5-6H2. The molecule has 1 aromatic rings. The van der Waals surface area contributed by atoms with Crippen molar-refractivity contribution in [3.63, 3.8) is 0 Å². The molecule has 3 heteroatoms. The molecule has 2 unspecified atom stereocenters. The van der Waals surface area contributed by atoms with Crippen molar-refractivity contribution in [3.8, 4) is 0 Å². The average molecular weight is 200 g/mol. The van der Waals surface area contributed by atoms with Crippen molar-refractivity contribution in [2.24, 2.45) is 0 Å². The Balaban J connectivity index is 2.20. The lowest BCUT2D eigenvalue weighted by Crippen LogP contribution is -2.10. The first-order valence-electron chi connectivity index (χ1n) is 4.37. The van der Waals surface area contributed by atoms with Gasteiger partial charge in [-0.3, -0.25) is 0 Å². The molecule has 0 amide bonds. The van der Waals surface area contributed by atoms with Crippen molar-refractivity contribution in [1.29, 1.82) is 0 Å². The SMILES string of the molecule is FC1CNCC1c1ccc(Cl)cc1. The molecule has 1 aromatic carbocycles. The third kappa shape index (κ3) is 1.84. The predicted molar refractivity (Wildman–Crippen MR) is 52.0 cm³/mol. The second-order valence-electron chi connectivity index (χ2n) is 3.33. The fraction of sp³-hybridized carbons (Fsp3) is 0.400. The van der Waals surface area contributed by atoms with Crippen LogP contribution in [0, 0.1) is 0 Å². The smallest absolute Gasteiger partial charge is 0.121 e. The van der Waals surface area contributed by atoms with Crippen molar-refractivity contribution in [2.45, 2.75) is 12.1 Å². The molecular weight excluding hydrogens is 189 g/mol. The minimum absolute atomic E-state index is 0.00253. The monoisotopic (exact) mass is 199 g/mol. The summed E-state index contributed by atoms with van der Waals surface area (Å²) in [6.07, 6.45) is -0.763. The molecule has 1 nitrogen and oxygen atoms in total. The van der Waals surface area contributed by atoms with Crippen molar-refractivity contribution in [3.05, 3.63) is 34.9 Å². The summed E-state index contributed by atoms with van der Waals surface area (Å²) in [4.78, 5) is 0. The van der Waals surface area contributed by atoms with Crippen LogP contribution in [-0.2, 0) is 0 Å². The Morgan fingerprint density at radius 1 is 1.23 bits per heavy atom. The van der Waals surface area contributed by atoms with Crippen molar-refractivity contribution in [1.82, 2.24) is 5.32 Å². The van der Waals surface area contributed by atoms with E-state index in [-0.39, 0.29) is 5.92 Å². The molecule has 1 heterocycles.